The van der Waals surface area contributed by atoms with Crippen molar-refractivity contribution in [1.82, 2.24) is 15.1 Å². The van der Waals surface area contributed by atoms with Gasteiger partial charge in [0.05, 0.1) is 15.6 Å². The van der Waals surface area contributed by atoms with E-state index < -0.39 is 5.54 Å². The molecule has 0 bridgehead atoms. The summed E-state index contributed by atoms with van der Waals surface area (Å²) in [5.74, 6) is 0.132. The Morgan fingerprint density at radius 3 is 2.49 bits per heavy atom. The highest BCUT2D eigenvalue weighted by atomic mass is 35.5. The van der Waals surface area contributed by atoms with E-state index in [1.807, 2.05) is 30.1 Å². The fourth-order valence-corrected chi connectivity index (χ4v) is 6.80. The standard InChI is InChI=1S/C28H37Cl2N3O.ClH/c1-4-13-27(14-8-16-31-20-27)33-17-15-28(32(3)21(2)34,23-9-6-5-7-10-23)24(19-33)22-11-12-25(29)26(30)18-22;/h5-7,9-12,18,24,31H,4,8,13-17,19-20H2,1-3H3;1H. The van der Waals surface area contributed by atoms with E-state index in [0.717, 1.165) is 44.6 Å². The third-order valence-corrected chi connectivity index (χ3v) is 9.01. The second-order valence-electron chi connectivity index (χ2n) is 10.0. The SMILES string of the molecule is CCCC1(N2CCC(c3ccccc3)(N(C)C(C)=O)C(c3ccc(Cl)c(Cl)c3)C2)CCCNC1.Cl. The summed E-state index contributed by atoms with van der Waals surface area (Å²) >= 11 is 12.9. The molecule has 2 aromatic rings. The van der Waals surface area contributed by atoms with E-state index in [2.05, 4.69) is 47.5 Å². The van der Waals surface area contributed by atoms with Gasteiger partial charge >= 0.3 is 0 Å². The molecule has 4 nitrogen and oxygen atoms in total. The first-order valence-electron chi connectivity index (χ1n) is 12.5. The van der Waals surface area contributed by atoms with Crippen LogP contribution in [0.2, 0.25) is 10.0 Å². The summed E-state index contributed by atoms with van der Waals surface area (Å²) < 4.78 is 0. The first kappa shape index (κ1) is 28.3. The van der Waals surface area contributed by atoms with Gasteiger partial charge in [0.2, 0.25) is 5.91 Å². The molecule has 0 saturated carbocycles. The van der Waals surface area contributed by atoms with Crippen LogP contribution in [-0.4, -0.2) is 54.5 Å². The van der Waals surface area contributed by atoms with Crippen LogP contribution in [0.3, 0.4) is 0 Å². The minimum absolute atomic E-state index is 0. The van der Waals surface area contributed by atoms with E-state index in [9.17, 15) is 4.79 Å². The second-order valence-corrected chi connectivity index (χ2v) is 10.9. The number of rotatable bonds is 6. The summed E-state index contributed by atoms with van der Waals surface area (Å²) in [5.41, 5.74) is 2.00. The number of hydrogen-bond donors (Lipinski definition) is 1. The smallest absolute Gasteiger partial charge is 0.219 e. The molecule has 3 unspecified atom stereocenters. The van der Waals surface area contributed by atoms with E-state index in [-0.39, 0.29) is 29.8 Å². The largest absolute Gasteiger partial charge is 0.336 e. The van der Waals surface area contributed by atoms with Crippen LogP contribution in [0.1, 0.15) is 63.0 Å². The highest BCUT2D eigenvalue weighted by molar-refractivity contribution is 6.42. The van der Waals surface area contributed by atoms with Crippen molar-refractivity contribution in [2.24, 2.45) is 0 Å². The average molecular weight is 539 g/mol. The monoisotopic (exact) mass is 537 g/mol. The van der Waals surface area contributed by atoms with Crippen molar-refractivity contribution in [3.8, 4) is 0 Å². The van der Waals surface area contributed by atoms with Gasteiger partial charge < -0.3 is 10.2 Å². The molecular weight excluding hydrogens is 501 g/mol. The van der Waals surface area contributed by atoms with Crippen LogP contribution in [0.15, 0.2) is 48.5 Å². The normalized spacial score (nSPS) is 27.2. The maximum absolute atomic E-state index is 12.9. The third kappa shape index (κ3) is 5.38. The molecule has 0 aromatic heterocycles. The second kappa shape index (κ2) is 11.8. The molecule has 0 radical (unpaired) electrons. The predicted octanol–water partition coefficient (Wildman–Crippen LogP) is 6.50. The lowest BCUT2D eigenvalue weighted by molar-refractivity contribution is -0.138. The van der Waals surface area contributed by atoms with Gasteiger partial charge in [-0.2, -0.15) is 0 Å². The van der Waals surface area contributed by atoms with Gasteiger partial charge in [-0.3, -0.25) is 9.69 Å². The van der Waals surface area contributed by atoms with E-state index in [1.165, 1.54) is 24.8 Å². The van der Waals surface area contributed by atoms with Gasteiger partial charge in [-0.05, 0) is 55.5 Å². The topological polar surface area (TPSA) is 35.6 Å². The molecule has 192 valence electrons. The molecule has 0 spiro atoms. The molecule has 2 fully saturated rings. The fourth-order valence-electron chi connectivity index (χ4n) is 6.49. The van der Waals surface area contributed by atoms with Crippen molar-refractivity contribution < 1.29 is 4.79 Å². The lowest BCUT2D eigenvalue weighted by Crippen LogP contribution is -2.65. The summed E-state index contributed by atoms with van der Waals surface area (Å²) in [6.07, 6.45) is 5.61. The average Bonchev–Trinajstić information content (AvgIpc) is 2.86. The summed E-state index contributed by atoms with van der Waals surface area (Å²) in [6.45, 7) is 7.89. The predicted molar refractivity (Wildman–Crippen MR) is 149 cm³/mol. The Hall–Kier alpha value is -1.30. The van der Waals surface area contributed by atoms with Crippen LogP contribution in [-0.2, 0) is 10.3 Å². The van der Waals surface area contributed by atoms with Crippen molar-refractivity contribution >= 4 is 41.5 Å². The van der Waals surface area contributed by atoms with Gasteiger partial charge in [0.1, 0.15) is 0 Å². The van der Waals surface area contributed by atoms with Gasteiger partial charge in [-0.25, -0.2) is 0 Å². The van der Waals surface area contributed by atoms with E-state index in [4.69, 9.17) is 23.2 Å². The van der Waals surface area contributed by atoms with Gasteiger partial charge in [0.15, 0.2) is 0 Å². The lowest BCUT2D eigenvalue weighted by atomic mass is 9.67. The first-order chi connectivity index (χ1) is 16.3. The Bertz CT molecular complexity index is 991. The zero-order valence-electron chi connectivity index (χ0n) is 21.0. The van der Waals surface area contributed by atoms with Gasteiger partial charge in [0.25, 0.3) is 0 Å². The number of benzene rings is 2. The summed E-state index contributed by atoms with van der Waals surface area (Å²) in [4.78, 5) is 17.6. The fraction of sp³-hybridized carbons (Fsp3) is 0.536. The molecule has 4 rings (SSSR count). The van der Waals surface area contributed by atoms with Crippen molar-refractivity contribution in [2.45, 2.75) is 62.9 Å². The highest BCUT2D eigenvalue weighted by Crippen LogP contribution is 2.50. The molecular formula is C28H38Cl3N3O. The number of amides is 1. The van der Waals surface area contributed by atoms with Crippen LogP contribution in [0.5, 0.6) is 0 Å². The van der Waals surface area contributed by atoms with E-state index in [0.29, 0.717) is 10.0 Å². The molecule has 35 heavy (non-hydrogen) atoms. The van der Waals surface area contributed by atoms with E-state index >= 15 is 0 Å². The molecule has 2 aromatic carbocycles. The van der Waals surface area contributed by atoms with Crippen LogP contribution in [0, 0.1) is 0 Å². The Labute approximate surface area is 226 Å². The van der Waals surface area contributed by atoms with Crippen molar-refractivity contribution in [3.63, 3.8) is 0 Å². The Kier molecular flexibility index (Phi) is 9.56. The van der Waals surface area contributed by atoms with Crippen molar-refractivity contribution in [3.05, 3.63) is 69.7 Å². The Morgan fingerprint density at radius 2 is 1.89 bits per heavy atom. The first-order valence-corrected chi connectivity index (χ1v) is 13.3. The van der Waals surface area contributed by atoms with Crippen LogP contribution in [0.25, 0.3) is 0 Å². The van der Waals surface area contributed by atoms with Gasteiger partial charge in [-0.15, -0.1) is 12.4 Å². The molecule has 7 heteroatoms. The molecule has 2 aliphatic heterocycles. The number of piperidine rings is 2. The number of likely N-dealkylation sites (N-methyl/N-ethyl adjacent to an activating group) is 1. The van der Waals surface area contributed by atoms with Crippen molar-refractivity contribution in [1.29, 1.82) is 0 Å². The molecule has 2 aliphatic rings. The zero-order valence-corrected chi connectivity index (χ0v) is 23.4. The summed E-state index contributed by atoms with van der Waals surface area (Å²) in [7, 11) is 1.96. The molecule has 2 saturated heterocycles. The number of carbonyl (C=O) groups is 1. The van der Waals surface area contributed by atoms with Crippen LogP contribution >= 0.6 is 35.6 Å². The van der Waals surface area contributed by atoms with Crippen molar-refractivity contribution in [2.75, 3.05) is 33.2 Å². The summed E-state index contributed by atoms with van der Waals surface area (Å²) in [5, 5.41) is 4.80. The number of carbonyl (C=O) groups excluding carboxylic acids is 1. The minimum Gasteiger partial charge on any atom is -0.336 e. The zero-order chi connectivity index (χ0) is 24.3. The molecule has 2 heterocycles. The van der Waals surface area contributed by atoms with Gasteiger partial charge in [0, 0.05) is 45.1 Å². The number of halogens is 3. The summed E-state index contributed by atoms with van der Waals surface area (Å²) in [6, 6.07) is 16.5. The van der Waals surface area contributed by atoms with Gasteiger partial charge in [-0.1, -0.05) is 72.9 Å². The molecule has 1 amide bonds. The maximum atomic E-state index is 12.9. The number of nitrogens with one attached hydrogen (secondary N) is 1. The quantitative estimate of drug-likeness (QED) is 0.456. The third-order valence-electron chi connectivity index (χ3n) is 8.27. The maximum Gasteiger partial charge on any atom is 0.219 e. The lowest BCUT2D eigenvalue weighted by Gasteiger charge is -2.58. The molecule has 3 atom stereocenters. The molecule has 0 aliphatic carbocycles. The molecule has 1 N–H and O–H groups in total. The number of likely N-dealkylation sites (tertiary alicyclic amines) is 1. The minimum atomic E-state index is -0.462. The Balaban J connectivity index is 0.00000342. The number of hydrogen-bond acceptors (Lipinski definition) is 3. The highest BCUT2D eigenvalue weighted by Gasteiger charge is 2.52. The number of nitrogens with zero attached hydrogens (tertiary/aromatic N) is 2. The Morgan fingerprint density at radius 1 is 1.14 bits per heavy atom. The van der Waals surface area contributed by atoms with Crippen LogP contribution in [0.4, 0.5) is 0 Å². The van der Waals surface area contributed by atoms with Crippen LogP contribution < -0.4 is 5.32 Å². The van der Waals surface area contributed by atoms with E-state index in [1.54, 1.807) is 6.92 Å².